The number of halogens is 1. The zero-order chi connectivity index (χ0) is 23.4. The van der Waals surface area contributed by atoms with Crippen molar-refractivity contribution in [3.05, 3.63) is 11.6 Å². The molecule has 0 aromatic carbocycles. The summed E-state index contributed by atoms with van der Waals surface area (Å²) in [5, 5.41) is 26.0. The van der Waals surface area contributed by atoms with Crippen molar-refractivity contribution < 1.29 is 10.2 Å². The Morgan fingerprint density at radius 1 is 1.15 bits per heavy atom. The van der Waals surface area contributed by atoms with Gasteiger partial charge in [0.15, 0.2) is 17.0 Å². The van der Waals surface area contributed by atoms with Crippen molar-refractivity contribution >= 4 is 40.3 Å². The van der Waals surface area contributed by atoms with E-state index >= 15 is 0 Å². The predicted molar refractivity (Wildman–Crippen MR) is 136 cm³/mol. The van der Waals surface area contributed by atoms with Gasteiger partial charge in [0, 0.05) is 17.2 Å². The van der Waals surface area contributed by atoms with E-state index in [4.69, 9.17) is 16.6 Å². The zero-order valence-electron chi connectivity index (χ0n) is 19.9. The van der Waals surface area contributed by atoms with Gasteiger partial charge in [0.05, 0.1) is 18.5 Å². The van der Waals surface area contributed by atoms with Crippen LogP contribution >= 0.6 is 23.4 Å². The first-order valence-corrected chi connectivity index (χ1v) is 14.7. The molecular weight excluding hydrogens is 470 g/mol. The summed E-state index contributed by atoms with van der Waals surface area (Å²) in [6.45, 7) is 2.13. The van der Waals surface area contributed by atoms with Gasteiger partial charge < -0.3 is 20.1 Å². The first-order valence-electron chi connectivity index (χ1n) is 13.1. The van der Waals surface area contributed by atoms with Crippen molar-refractivity contribution in [1.29, 1.82) is 0 Å². The van der Waals surface area contributed by atoms with E-state index < -0.39 is 12.2 Å². The number of aromatic nitrogens is 4. The normalized spacial score (nSPS) is 33.9. The van der Waals surface area contributed by atoms with Crippen LogP contribution in [0.1, 0.15) is 70.8 Å². The summed E-state index contributed by atoms with van der Waals surface area (Å²) < 4.78 is 1.96. The van der Waals surface area contributed by atoms with E-state index in [1.165, 1.54) is 51.4 Å². The molecule has 7 nitrogen and oxygen atoms in total. The highest BCUT2D eigenvalue weighted by Crippen LogP contribution is 2.68. The maximum absolute atomic E-state index is 11.0. The molecule has 0 saturated heterocycles. The van der Waals surface area contributed by atoms with Crippen LogP contribution in [0.3, 0.4) is 0 Å². The van der Waals surface area contributed by atoms with Crippen LogP contribution < -0.4 is 5.32 Å². The van der Waals surface area contributed by atoms with Crippen molar-refractivity contribution in [1.82, 2.24) is 19.5 Å². The number of hydrogen-bond acceptors (Lipinski definition) is 7. The monoisotopic (exact) mass is 505 g/mol. The minimum Gasteiger partial charge on any atom is -0.390 e. The fraction of sp³-hybridized carbons (Fsp3) is 0.800. The summed E-state index contributed by atoms with van der Waals surface area (Å²) in [7, 11) is 0. The van der Waals surface area contributed by atoms with E-state index in [9.17, 15) is 10.2 Å². The molecule has 0 amide bonds. The van der Waals surface area contributed by atoms with Crippen LogP contribution in [0.15, 0.2) is 6.33 Å². The summed E-state index contributed by atoms with van der Waals surface area (Å²) in [5.41, 5.74) is 1.17. The summed E-state index contributed by atoms with van der Waals surface area (Å²) in [4.78, 5) is 13.9. The molecule has 6 rings (SSSR count). The van der Waals surface area contributed by atoms with Gasteiger partial charge in [0.25, 0.3) is 0 Å². The van der Waals surface area contributed by atoms with Crippen LogP contribution in [0.5, 0.6) is 0 Å². The number of rotatable bonds is 8. The summed E-state index contributed by atoms with van der Waals surface area (Å²) in [6, 6.07) is 0.155. The Bertz CT molecular complexity index is 1020. The minimum atomic E-state index is -0.830. The van der Waals surface area contributed by atoms with Gasteiger partial charge in [0.1, 0.15) is 6.10 Å². The zero-order valence-corrected chi connectivity index (χ0v) is 21.4. The predicted octanol–water partition coefficient (Wildman–Crippen LogP) is 4.68. The second-order valence-corrected chi connectivity index (χ2v) is 12.6. The first-order chi connectivity index (χ1) is 16.5. The van der Waals surface area contributed by atoms with Crippen LogP contribution in [-0.2, 0) is 0 Å². The van der Waals surface area contributed by atoms with E-state index in [0.29, 0.717) is 34.9 Å². The summed E-state index contributed by atoms with van der Waals surface area (Å²) in [6.07, 6.45) is 11.5. The molecule has 0 aliphatic heterocycles. The second kappa shape index (κ2) is 9.09. The number of anilines is 1. The lowest BCUT2D eigenvalue weighted by Gasteiger charge is -2.30. The largest absolute Gasteiger partial charge is 0.390 e. The lowest BCUT2D eigenvalue weighted by atomic mass is 9.86. The molecule has 0 spiro atoms. The summed E-state index contributed by atoms with van der Waals surface area (Å²) in [5.74, 6) is 4.17. The number of aliphatic hydroxyl groups is 2. The average Bonchev–Trinajstić information content (AvgIpc) is 3.36. The molecular formula is C25H36ClN5O2S. The van der Waals surface area contributed by atoms with Gasteiger partial charge in [-0.2, -0.15) is 21.7 Å². The summed E-state index contributed by atoms with van der Waals surface area (Å²) >= 11 is 8.29. The van der Waals surface area contributed by atoms with Crippen molar-refractivity contribution in [2.45, 2.75) is 89.0 Å². The highest BCUT2D eigenvalue weighted by atomic mass is 35.5. The molecule has 4 fully saturated rings. The lowest BCUT2D eigenvalue weighted by molar-refractivity contribution is -0.0126. The first kappa shape index (κ1) is 23.3. The van der Waals surface area contributed by atoms with E-state index in [-0.39, 0.29) is 22.7 Å². The quantitative estimate of drug-likeness (QED) is 0.448. The molecule has 0 unspecified atom stereocenters. The van der Waals surface area contributed by atoms with E-state index in [1.54, 1.807) is 6.33 Å². The highest BCUT2D eigenvalue weighted by Gasteiger charge is 2.71. The Morgan fingerprint density at radius 2 is 1.82 bits per heavy atom. The second-order valence-electron chi connectivity index (χ2n) is 11.0. The Balaban J connectivity index is 1.33. The SMILES string of the molecule is CCSC[C@@]12C[C@@H]1[C@@H](n1cnc3c(NC(C4CCCC4)C4CCCC4)nc(Cl)nc31)[C@H](O)[C@@H]2O. The minimum absolute atomic E-state index is 0.199. The van der Waals surface area contributed by atoms with E-state index in [1.807, 2.05) is 16.3 Å². The van der Waals surface area contributed by atoms with Gasteiger partial charge in [-0.25, -0.2) is 4.98 Å². The number of hydrogen-bond donors (Lipinski definition) is 3. The molecule has 5 atom stereocenters. The molecule has 4 aliphatic rings. The molecule has 2 aromatic heterocycles. The van der Waals surface area contributed by atoms with Gasteiger partial charge in [-0.05, 0) is 67.2 Å². The van der Waals surface area contributed by atoms with Crippen LogP contribution in [-0.4, -0.2) is 59.5 Å². The third-order valence-electron chi connectivity index (χ3n) is 9.26. The van der Waals surface area contributed by atoms with Crippen LogP contribution in [0, 0.1) is 23.2 Å². The van der Waals surface area contributed by atoms with E-state index in [0.717, 1.165) is 17.9 Å². The molecule has 4 aliphatic carbocycles. The molecule has 4 saturated carbocycles. The average molecular weight is 506 g/mol. The number of thioether (sulfide) groups is 1. The van der Waals surface area contributed by atoms with Crippen molar-refractivity contribution in [3.8, 4) is 0 Å². The van der Waals surface area contributed by atoms with Gasteiger partial charge in [0.2, 0.25) is 5.28 Å². The topological polar surface area (TPSA) is 96.1 Å². The Labute approximate surface area is 210 Å². The number of nitrogens with one attached hydrogen (secondary N) is 1. The van der Waals surface area contributed by atoms with Crippen LogP contribution in [0.2, 0.25) is 5.28 Å². The molecule has 186 valence electrons. The molecule has 0 radical (unpaired) electrons. The van der Waals surface area contributed by atoms with Gasteiger partial charge in [-0.15, -0.1) is 0 Å². The standard InChI is InChI=1S/C25H36ClN5O2S/c1-2-34-12-25-11-16(25)19(20(32)21(25)33)31-13-27-18-22(29-24(26)30-23(18)31)28-17(14-7-3-4-8-14)15-9-5-6-10-15/h13-17,19-21,32-33H,2-12H2,1H3,(H,28,29,30)/t16-,19-,20+,21+,25+/m1/s1. The van der Waals surface area contributed by atoms with Gasteiger partial charge >= 0.3 is 0 Å². The molecule has 2 aromatic rings. The van der Waals surface area contributed by atoms with Crippen molar-refractivity contribution in [2.75, 3.05) is 16.8 Å². The van der Waals surface area contributed by atoms with Gasteiger partial charge in [-0.1, -0.05) is 32.6 Å². The maximum atomic E-state index is 11.0. The number of fused-ring (bicyclic) bond motifs is 2. The van der Waals surface area contributed by atoms with Crippen molar-refractivity contribution in [2.24, 2.45) is 23.2 Å². The third-order valence-corrected chi connectivity index (χ3v) is 10.6. The maximum Gasteiger partial charge on any atom is 0.226 e. The fourth-order valence-corrected chi connectivity index (χ4v) is 8.69. The highest BCUT2D eigenvalue weighted by molar-refractivity contribution is 7.99. The fourth-order valence-electron chi connectivity index (χ4n) is 7.44. The molecule has 34 heavy (non-hydrogen) atoms. The molecule has 2 heterocycles. The number of aliphatic hydroxyl groups excluding tert-OH is 2. The van der Waals surface area contributed by atoms with Crippen molar-refractivity contribution in [3.63, 3.8) is 0 Å². The smallest absolute Gasteiger partial charge is 0.226 e. The molecule has 9 heteroatoms. The Kier molecular flexibility index (Phi) is 6.23. The Morgan fingerprint density at radius 3 is 2.47 bits per heavy atom. The van der Waals surface area contributed by atoms with Crippen LogP contribution in [0.25, 0.3) is 11.2 Å². The number of nitrogens with zero attached hydrogens (tertiary/aromatic N) is 4. The molecule has 3 N–H and O–H groups in total. The van der Waals surface area contributed by atoms with Gasteiger partial charge in [-0.3, -0.25) is 0 Å². The molecule has 0 bridgehead atoms. The lowest BCUT2D eigenvalue weighted by Crippen LogP contribution is -2.35. The van der Waals surface area contributed by atoms with Crippen LogP contribution in [0.4, 0.5) is 5.82 Å². The number of imidazole rings is 1. The van der Waals surface area contributed by atoms with E-state index in [2.05, 4.69) is 22.2 Å². The third kappa shape index (κ3) is 3.75. The Hall–Kier alpha value is -1.09.